The van der Waals surface area contributed by atoms with Crippen molar-refractivity contribution in [2.24, 2.45) is 0 Å². The van der Waals surface area contributed by atoms with Crippen molar-refractivity contribution >= 4 is 11.6 Å². The highest BCUT2D eigenvalue weighted by molar-refractivity contribution is 6.29. The Balaban J connectivity index is 2.41. The smallest absolute Gasteiger partial charge is 0.197 e. The summed E-state index contributed by atoms with van der Waals surface area (Å²) in [4.78, 5) is 0. The molecule has 1 heterocycles. The average molecular weight is 270 g/mol. The number of hydrogen-bond acceptors (Lipinski definition) is 2. The Bertz CT molecular complexity index is 335. The topological polar surface area (TPSA) is 25.2 Å². The van der Waals surface area contributed by atoms with E-state index in [1.807, 2.05) is 12.1 Å². The summed E-state index contributed by atoms with van der Waals surface area (Å²) < 4.78 is 5.18. The second-order valence-electron chi connectivity index (χ2n) is 4.58. The first-order chi connectivity index (χ1) is 8.79. The molecule has 1 aromatic rings. The van der Waals surface area contributed by atoms with Crippen LogP contribution in [0.15, 0.2) is 29.4 Å². The molecule has 0 fully saturated rings. The van der Waals surface area contributed by atoms with Gasteiger partial charge in [-0.05, 0) is 49.9 Å². The summed E-state index contributed by atoms with van der Waals surface area (Å²) >= 11 is 6.06. The number of unbranched alkanes of at least 4 members (excludes halogenated alkanes) is 3. The van der Waals surface area contributed by atoms with Crippen molar-refractivity contribution in [2.45, 2.75) is 51.5 Å². The monoisotopic (exact) mass is 269 g/mol. The predicted molar refractivity (Wildman–Crippen MR) is 78.0 cm³/mol. The van der Waals surface area contributed by atoms with Gasteiger partial charge in [0, 0.05) is 11.6 Å². The van der Waals surface area contributed by atoms with E-state index in [1.165, 1.54) is 19.3 Å². The van der Waals surface area contributed by atoms with Gasteiger partial charge in [0.05, 0.1) is 6.26 Å². The molecule has 1 unspecified atom stereocenters. The minimum absolute atomic E-state index is 0.319. The summed E-state index contributed by atoms with van der Waals surface area (Å²) in [7, 11) is 0. The van der Waals surface area contributed by atoms with Crippen LogP contribution in [0, 0.1) is 0 Å². The van der Waals surface area contributed by atoms with Crippen molar-refractivity contribution in [1.29, 1.82) is 0 Å². The van der Waals surface area contributed by atoms with E-state index in [4.69, 9.17) is 16.0 Å². The fraction of sp³-hybridized carbons (Fsp3) is 0.600. The molecule has 1 rings (SSSR count). The van der Waals surface area contributed by atoms with Crippen molar-refractivity contribution in [3.8, 4) is 0 Å². The van der Waals surface area contributed by atoms with Gasteiger partial charge >= 0.3 is 0 Å². The first-order valence-corrected chi connectivity index (χ1v) is 7.24. The lowest BCUT2D eigenvalue weighted by Crippen LogP contribution is -2.22. The third kappa shape index (κ3) is 5.28. The summed E-state index contributed by atoms with van der Waals surface area (Å²) in [6.07, 6.45) is 10.7. The van der Waals surface area contributed by atoms with Crippen LogP contribution < -0.4 is 5.32 Å². The number of nitrogens with one attached hydrogen (secondary N) is 1. The van der Waals surface area contributed by atoms with Crippen LogP contribution in [0.25, 0.3) is 0 Å². The first-order valence-electron chi connectivity index (χ1n) is 6.86. The molecule has 0 aromatic carbocycles. The molecule has 2 nitrogen and oxygen atoms in total. The van der Waals surface area contributed by atoms with Gasteiger partial charge in [0.15, 0.2) is 5.22 Å². The molecule has 0 spiro atoms. The second kappa shape index (κ2) is 9.23. The molecule has 3 heteroatoms. The number of furan rings is 1. The van der Waals surface area contributed by atoms with Crippen LogP contribution in [0.3, 0.4) is 0 Å². The molecule has 102 valence electrons. The van der Waals surface area contributed by atoms with E-state index in [0.717, 1.165) is 31.4 Å². The Morgan fingerprint density at radius 1 is 1.44 bits per heavy atom. The van der Waals surface area contributed by atoms with Gasteiger partial charge in [0.1, 0.15) is 0 Å². The van der Waals surface area contributed by atoms with Gasteiger partial charge in [0.2, 0.25) is 0 Å². The Labute approximate surface area is 115 Å². The highest BCUT2D eigenvalue weighted by Crippen LogP contribution is 2.27. The minimum atomic E-state index is 0.319. The molecule has 0 aliphatic rings. The Morgan fingerprint density at radius 3 is 2.89 bits per heavy atom. The maximum atomic E-state index is 6.06. The fourth-order valence-electron chi connectivity index (χ4n) is 2.05. The van der Waals surface area contributed by atoms with Crippen LogP contribution >= 0.6 is 11.6 Å². The van der Waals surface area contributed by atoms with Crippen molar-refractivity contribution in [3.05, 3.63) is 35.8 Å². The standard InChI is InChI=1S/C15H24ClNO/c1-3-5-6-7-8-9-14(17-11-4-2)13-10-12-18-15(13)16/h3,10,12,14,17H,1,4-9,11H2,2H3. The van der Waals surface area contributed by atoms with E-state index >= 15 is 0 Å². The van der Waals surface area contributed by atoms with Gasteiger partial charge in [-0.25, -0.2) is 0 Å². The largest absolute Gasteiger partial charge is 0.453 e. The third-order valence-corrected chi connectivity index (χ3v) is 3.37. The quantitative estimate of drug-likeness (QED) is 0.472. The molecule has 18 heavy (non-hydrogen) atoms. The third-order valence-electron chi connectivity index (χ3n) is 3.06. The summed E-state index contributed by atoms with van der Waals surface area (Å²) in [5.41, 5.74) is 1.09. The summed E-state index contributed by atoms with van der Waals surface area (Å²) in [5, 5.41) is 4.06. The molecule has 0 bridgehead atoms. The lowest BCUT2D eigenvalue weighted by molar-refractivity contribution is 0.465. The molecule has 1 atom stereocenters. The van der Waals surface area contributed by atoms with E-state index in [-0.39, 0.29) is 0 Å². The molecule has 0 saturated heterocycles. The molecular formula is C15H24ClNO. The van der Waals surface area contributed by atoms with E-state index in [9.17, 15) is 0 Å². The van der Waals surface area contributed by atoms with Gasteiger partial charge in [-0.3, -0.25) is 0 Å². The summed E-state index contributed by atoms with van der Waals surface area (Å²) in [6.45, 7) is 6.93. The zero-order chi connectivity index (χ0) is 13.2. The van der Waals surface area contributed by atoms with E-state index < -0.39 is 0 Å². The number of hydrogen-bond donors (Lipinski definition) is 1. The van der Waals surface area contributed by atoms with Crippen LogP contribution in [0.2, 0.25) is 5.22 Å². The maximum absolute atomic E-state index is 6.06. The van der Waals surface area contributed by atoms with Crippen LogP contribution in [0.5, 0.6) is 0 Å². The van der Waals surface area contributed by atoms with Crippen LogP contribution in [0.1, 0.15) is 57.1 Å². The Kier molecular flexibility index (Phi) is 7.86. The lowest BCUT2D eigenvalue weighted by atomic mass is 10.0. The second-order valence-corrected chi connectivity index (χ2v) is 4.93. The Hall–Kier alpha value is -0.730. The van der Waals surface area contributed by atoms with Crippen molar-refractivity contribution < 1.29 is 4.42 Å². The molecule has 1 N–H and O–H groups in total. The molecular weight excluding hydrogens is 246 g/mol. The van der Waals surface area contributed by atoms with Gasteiger partial charge in [-0.2, -0.15) is 0 Å². The van der Waals surface area contributed by atoms with Crippen molar-refractivity contribution in [3.63, 3.8) is 0 Å². The zero-order valence-electron chi connectivity index (χ0n) is 11.3. The zero-order valence-corrected chi connectivity index (χ0v) is 12.0. The normalized spacial score (nSPS) is 12.6. The maximum Gasteiger partial charge on any atom is 0.197 e. The molecule has 0 amide bonds. The number of allylic oxidation sites excluding steroid dienone is 1. The first kappa shape index (κ1) is 15.3. The SMILES string of the molecule is C=CCCCCCC(NCCC)c1ccoc1Cl. The predicted octanol–water partition coefficient (Wildman–Crippen LogP) is 5.11. The number of rotatable bonds is 10. The summed E-state index contributed by atoms with van der Waals surface area (Å²) in [5.74, 6) is 0. The van der Waals surface area contributed by atoms with Gasteiger partial charge in [0.25, 0.3) is 0 Å². The molecule has 0 aliphatic carbocycles. The fourth-order valence-corrected chi connectivity index (χ4v) is 2.30. The van der Waals surface area contributed by atoms with Crippen LogP contribution in [-0.2, 0) is 0 Å². The van der Waals surface area contributed by atoms with E-state index in [1.54, 1.807) is 6.26 Å². The van der Waals surface area contributed by atoms with Crippen molar-refractivity contribution in [2.75, 3.05) is 6.54 Å². The summed E-state index contributed by atoms with van der Waals surface area (Å²) in [6, 6.07) is 2.29. The van der Waals surface area contributed by atoms with Gasteiger partial charge < -0.3 is 9.73 Å². The molecule has 0 aliphatic heterocycles. The molecule has 0 radical (unpaired) electrons. The van der Waals surface area contributed by atoms with Crippen LogP contribution in [0.4, 0.5) is 0 Å². The average Bonchev–Trinajstić information content (AvgIpc) is 2.79. The van der Waals surface area contributed by atoms with E-state index in [2.05, 4.69) is 18.8 Å². The Morgan fingerprint density at radius 2 is 2.28 bits per heavy atom. The van der Waals surface area contributed by atoms with Gasteiger partial charge in [-0.1, -0.05) is 25.8 Å². The van der Waals surface area contributed by atoms with Gasteiger partial charge in [-0.15, -0.1) is 6.58 Å². The highest BCUT2D eigenvalue weighted by atomic mass is 35.5. The molecule has 1 aromatic heterocycles. The van der Waals surface area contributed by atoms with Crippen LogP contribution in [-0.4, -0.2) is 6.54 Å². The highest BCUT2D eigenvalue weighted by Gasteiger charge is 2.15. The van der Waals surface area contributed by atoms with Crippen molar-refractivity contribution in [1.82, 2.24) is 5.32 Å². The number of halogens is 1. The van der Waals surface area contributed by atoms with E-state index in [0.29, 0.717) is 11.3 Å². The lowest BCUT2D eigenvalue weighted by Gasteiger charge is -2.17. The minimum Gasteiger partial charge on any atom is -0.453 e. The molecule has 0 saturated carbocycles.